The van der Waals surface area contributed by atoms with Crippen LogP contribution in [-0.4, -0.2) is 51.4 Å². The van der Waals surface area contributed by atoms with Crippen LogP contribution in [0.3, 0.4) is 0 Å². The van der Waals surface area contributed by atoms with Crippen molar-refractivity contribution in [1.29, 1.82) is 0 Å². The number of aliphatic hydroxyl groups excluding tert-OH is 1. The van der Waals surface area contributed by atoms with Crippen LogP contribution in [0.4, 0.5) is 0 Å². The molecular formula is C12H15N5O2. The van der Waals surface area contributed by atoms with E-state index in [1.807, 2.05) is 0 Å². The standard InChI is InChI=1S/C12H15N5O2/c18-10-5-13-3-9(10)4-14-12(19)8-1-2-11-16-15-7-17(11)6-8/h1-2,6-7,9-10,13,18H,3-5H2,(H,14,19). The Morgan fingerprint density at radius 3 is 3.21 bits per heavy atom. The molecule has 0 spiro atoms. The quantitative estimate of drug-likeness (QED) is 0.662. The molecule has 1 amide bonds. The van der Waals surface area contributed by atoms with Crippen LogP contribution in [0.2, 0.25) is 0 Å². The molecule has 0 saturated carbocycles. The Hall–Kier alpha value is -1.99. The van der Waals surface area contributed by atoms with Crippen LogP contribution in [-0.2, 0) is 0 Å². The molecule has 1 saturated heterocycles. The molecule has 7 nitrogen and oxygen atoms in total. The molecule has 100 valence electrons. The van der Waals surface area contributed by atoms with Crippen LogP contribution in [0.5, 0.6) is 0 Å². The first-order valence-electron chi connectivity index (χ1n) is 6.20. The minimum absolute atomic E-state index is 0.0718. The van der Waals surface area contributed by atoms with E-state index >= 15 is 0 Å². The zero-order valence-corrected chi connectivity index (χ0v) is 10.3. The van der Waals surface area contributed by atoms with Crippen molar-refractivity contribution in [3.05, 3.63) is 30.2 Å². The second-order valence-electron chi connectivity index (χ2n) is 4.71. The molecule has 2 aromatic heterocycles. The second kappa shape index (κ2) is 4.94. The van der Waals surface area contributed by atoms with E-state index in [-0.39, 0.29) is 17.9 Å². The monoisotopic (exact) mass is 261 g/mol. The third-order valence-corrected chi connectivity index (χ3v) is 3.38. The second-order valence-corrected chi connectivity index (χ2v) is 4.71. The number of hydrogen-bond acceptors (Lipinski definition) is 5. The zero-order valence-electron chi connectivity index (χ0n) is 10.3. The topological polar surface area (TPSA) is 91.5 Å². The van der Waals surface area contributed by atoms with Gasteiger partial charge in [-0.2, -0.15) is 0 Å². The van der Waals surface area contributed by atoms with Crippen molar-refractivity contribution in [3.63, 3.8) is 0 Å². The average molecular weight is 261 g/mol. The molecule has 19 heavy (non-hydrogen) atoms. The van der Waals surface area contributed by atoms with Crippen molar-refractivity contribution in [2.45, 2.75) is 6.10 Å². The lowest BCUT2D eigenvalue weighted by Crippen LogP contribution is -2.34. The van der Waals surface area contributed by atoms with E-state index in [2.05, 4.69) is 20.8 Å². The van der Waals surface area contributed by atoms with Gasteiger partial charge in [0.2, 0.25) is 0 Å². The molecule has 1 aliphatic heterocycles. The molecule has 1 fully saturated rings. The lowest BCUT2D eigenvalue weighted by atomic mass is 10.1. The summed E-state index contributed by atoms with van der Waals surface area (Å²) < 4.78 is 1.70. The molecule has 3 rings (SSSR count). The Morgan fingerprint density at radius 2 is 2.42 bits per heavy atom. The lowest BCUT2D eigenvalue weighted by molar-refractivity contribution is 0.0926. The fraction of sp³-hybridized carbons (Fsp3) is 0.417. The smallest absolute Gasteiger partial charge is 0.252 e. The summed E-state index contributed by atoms with van der Waals surface area (Å²) in [6.45, 7) is 1.78. The van der Waals surface area contributed by atoms with Gasteiger partial charge in [-0.3, -0.25) is 9.20 Å². The van der Waals surface area contributed by atoms with Crippen LogP contribution in [0, 0.1) is 5.92 Å². The van der Waals surface area contributed by atoms with E-state index in [1.54, 1.807) is 29.1 Å². The fourth-order valence-corrected chi connectivity index (χ4v) is 2.22. The minimum atomic E-state index is -0.388. The van der Waals surface area contributed by atoms with E-state index in [0.717, 1.165) is 6.54 Å². The average Bonchev–Trinajstić information content (AvgIpc) is 3.03. The summed E-state index contributed by atoms with van der Waals surface area (Å²) in [5.41, 5.74) is 1.25. The Labute approximate surface area is 109 Å². The van der Waals surface area contributed by atoms with Crippen LogP contribution in [0.1, 0.15) is 10.4 Å². The van der Waals surface area contributed by atoms with Gasteiger partial charge in [-0.25, -0.2) is 0 Å². The first kappa shape index (κ1) is 12.1. The summed E-state index contributed by atoms with van der Waals surface area (Å²) in [7, 11) is 0. The summed E-state index contributed by atoms with van der Waals surface area (Å²) in [6.07, 6.45) is 2.85. The number of aromatic nitrogens is 3. The largest absolute Gasteiger partial charge is 0.391 e. The van der Waals surface area contributed by atoms with E-state index in [9.17, 15) is 9.90 Å². The number of aliphatic hydroxyl groups is 1. The molecule has 3 N–H and O–H groups in total. The number of β-amino-alcohol motifs (C(OH)–C–C–N with tert-alkyl or cyclic N) is 1. The van der Waals surface area contributed by atoms with Crippen molar-refractivity contribution in [1.82, 2.24) is 25.2 Å². The van der Waals surface area contributed by atoms with Gasteiger partial charge in [0.05, 0.1) is 11.7 Å². The van der Waals surface area contributed by atoms with Gasteiger partial charge >= 0.3 is 0 Å². The number of carbonyl (C=O) groups is 1. The SMILES string of the molecule is O=C(NCC1CNCC1O)c1ccc2nncn2c1. The summed E-state index contributed by atoms with van der Waals surface area (Å²) in [5, 5.41) is 23.2. The molecule has 1 aliphatic rings. The Balaban J connectivity index is 1.66. The zero-order chi connectivity index (χ0) is 13.2. The number of pyridine rings is 1. The molecule has 2 aromatic rings. The molecule has 2 unspecified atom stereocenters. The Kier molecular flexibility index (Phi) is 3.14. The highest BCUT2D eigenvalue weighted by Gasteiger charge is 2.25. The lowest BCUT2D eigenvalue weighted by Gasteiger charge is -2.14. The van der Waals surface area contributed by atoms with E-state index in [0.29, 0.717) is 24.3 Å². The van der Waals surface area contributed by atoms with Crippen LogP contribution >= 0.6 is 0 Å². The Bertz CT molecular complexity index is 597. The number of nitrogens with zero attached hydrogens (tertiary/aromatic N) is 3. The van der Waals surface area contributed by atoms with Gasteiger partial charge in [0.1, 0.15) is 6.33 Å². The highest BCUT2D eigenvalue weighted by Crippen LogP contribution is 2.08. The summed E-state index contributed by atoms with van der Waals surface area (Å²) in [5.74, 6) is -0.0858. The predicted octanol–water partition coefficient (Wildman–Crippen LogP) is -0.961. The summed E-state index contributed by atoms with van der Waals surface area (Å²) >= 11 is 0. The molecular weight excluding hydrogens is 246 g/mol. The number of nitrogens with one attached hydrogen (secondary N) is 2. The molecule has 0 radical (unpaired) electrons. The van der Waals surface area contributed by atoms with Gasteiger partial charge in [-0.15, -0.1) is 10.2 Å². The predicted molar refractivity (Wildman–Crippen MR) is 67.7 cm³/mol. The normalized spacial score (nSPS) is 22.8. The molecule has 3 heterocycles. The van der Waals surface area contributed by atoms with Crippen LogP contribution < -0.4 is 10.6 Å². The van der Waals surface area contributed by atoms with E-state index in [4.69, 9.17) is 0 Å². The van der Waals surface area contributed by atoms with Gasteiger partial charge in [0.25, 0.3) is 5.91 Å². The maximum Gasteiger partial charge on any atom is 0.252 e. The van der Waals surface area contributed by atoms with Gasteiger partial charge in [-0.1, -0.05) is 0 Å². The van der Waals surface area contributed by atoms with Crippen molar-refractivity contribution in [3.8, 4) is 0 Å². The number of rotatable bonds is 3. The molecule has 0 aromatic carbocycles. The van der Waals surface area contributed by atoms with Crippen molar-refractivity contribution >= 4 is 11.6 Å². The minimum Gasteiger partial charge on any atom is -0.391 e. The van der Waals surface area contributed by atoms with Gasteiger partial charge < -0.3 is 15.7 Å². The van der Waals surface area contributed by atoms with Crippen molar-refractivity contribution in [2.75, 3.05) is 19.6 Å². The van der Waals surface area contributed by atoms with Gasteiger partial charge in [0, 0.05) is 31.7 Å². The maximum atomic E-state index is 12.0. The number of fused-ring (bicyclic) bond motifs is 1. The molecule has 0 aliphatic carbocycles. The van der Waals surface area contributed by atoms with E-state index < -0.39 is 0 Å². The fourth-order valence-electron chi connectivity index (χ4n) is 2.22. The number of amides is 1. The first-order chi connectivity index (χ1) is 9.24. The van der Waals surface area contributed by atoms with Crippen molar-refractivity contribution in [2.24, 2.45) is 5.92 Å². The molecule has 7 heteroatoms. The Morgan fingerprint density at radius 1 is 1.53 bits per heavy atom. The highest BCUT2D eigenvalue weighted by molar-refractivity contribution is 5.94. The van der Waals surface area contributed by atoms with Crippen LogP contribution in [0.15, 0.2) is 24.7 Å². The van der Waals surface area contributed by atoms with E-state index in [1.165, 1.54) is 0 Å². The number of hydrogen-bond donors (Lipinski definition) is 3. The third kappa shape index (κ3) is 2.42. The van der Waals surface area contributed by atoms with Crippen LogP contribution in [0.25, 0.3) is 5.65 Å². The molecule has 0 bridgehead atoms. The number of carbonyl (C=O) groups excluding carboxylic acids is 1. The third-order valence-electron chi connectivity index (χ3n) is 3.38. The summed E-state index contributed by atoms with van der Waals surface area (Å²) in [6, 6.07) is 3.45. The maximum absolute atomic E-state index is 12.0. The van der Waals surface area contributed by atoms with Gasteiger partial charge in [0.15, 0.2) is 5.65 Å². The summed E-state index contributed by atoms with van der Waals surface area (Å²) in [4.78, 5) is 12.0. The molecule has 2 atom stereocenters. The van der Waals surface area contributed by atoms with Gasteiger partial charge in [-0.05, 0) is 12.1 Å². The van der Waals surface area contributed by atoms with Crippen molar-refractivity contribution < 1.29 is 9.90 Å². The first-order valence-corrected chi connectivity index (χ1v) is 6.20. The highest BCUT2D eigenvalue weighted by atomic mass is 16.3.